The molecular formula is C11H18N4O2. The highest BCUT2D eigenvalue weighted by Gasteiger charge is 2.33. The van der Waals surface area contributed by atoms with Gasteiger partial charge in [0, 0.05) is 18.2 Å². The fourth-order valence-corrected chi connectivity index (χ4v) is 2.32. The summed E-state index contributed by atoms with van der Waals surface area (Å²) in [7, 11) is 0. The standard InChI is InChI=1S/C11H18N4O2/c16-9-11(3-1-2-4-11)8-12-10(17)7-15-6-5-13-14-15/h5-6,16H,1-4,7-9H2,(H,12,17). The minimum Gasteiger partial charge on any atom is -0.396 e. The Kier molecular flexibility index (Phi) is 3.73. The lowest BCUT2D eigenvalue weighted by Crippen LogP contribution is -2.39. The van der Waals surface area contributed by atoms with Gasteiger partial charge < -0.3 is 10.4 Å². The lowest BCUT2D eigenvalue weighted by atomic mass is 9.87. The second-order valence-electron chi connectivity index (χ2n) is 4.74. The highest BCUT2D eigenvalue weighted by atomic mass is 16.3. The Labute approximate surface area is 100 Å². The number of aliphatic hydroxyl groups excluding tert-OH is 1. The molecule has 0 atom stereocenters. The molecule has 1 heterocycles. The van der Waals surface area contributed by atoms with E-state index in [0.29, 0.717) is 6.54 Å². The quantitative estimate of drug-likeness (QED) is 0.753. The second kappa shape index (κ2) is 5.27. The molecule has 0 aliphatic heterocycles. The van der Waals surface area contributed by atoms with Gasteiger partial charge in [-0.05, 0) is 12.8 Å². The van der Waals surface area contributed by atoms with Gasteiger partial charge in [0.2, 0.25) is 5.91 Å². The fraction of sp³-hybridized carbons (Fsp3) is 0.727. The van der Waals surface area contributed by atoms with Gasteiger partial charge in [-0.25, -0.2) is 4.68 Å². The number of aliphatic hydroxyl groups is 1. The number of nitrogens with zero attached hydrogens (tertiary/aromatic N) is 3. The van der Waals surface area contributed by atoms with Gasteiger partial charge in [-0.15, -0.1) is 5.10 Å². The predicted molar refractivity (Wildman–Crippen MR) is 61.0 cm³/mol. The van der Waals surface area contributed by atoms with Crippen molar-refractivity contribution in [2.75, 3.05) is 13.2 Å². The Hall–Kier alpha value is -1.43. The summed E-state index contributed by atoms with van der Waals surface area (Å²) in [6, 6.07) is 0. The van der Waals surface area contributed by atoms with Gasteiger partial charge in [0.15, 0.2) is 0 Å². The molecule has 17 heavy (non-hydrogen) atoms. The Bertz CT molecular complexity index is 358. The van der Waals surface area contributed by atoms with E-state index in [0.717, 1.165) is 25.7 Å². The number of hydrogen-bond acceptors (Lipinski definition) is 4. The first-order chi connectivity index (χ1) is 8.24. The molecule has 0 aromatic carbocycles. The van der Waals surface area contributed by atoms with Gasteiger partial charge in [0.05, 0.1) is 12.8 Å². The van der Waals surface area contributed by atoms with Crippen LogP contribution in [0.2, 0.25) is 0 Å². The molecule has 94 valence electrons. The predicted octanol–water partition coefficient (Wildman–Crippen LogP) is -0.0530. The summed E-state index contributed by atoms with van der Waals surface area (Å²) in [5, 5.41) is 19.6. The summed E-state index contributed by atoms with van der Waals surface area (Å²) in [5.41, 5.74) is -0.0992. The molecule has 2 rings (SSSR count). The van der Waals surface area contributed by atoms with Gasteiger partial charge in [0.25, 0.3) is 0 Å². The fourth-order valence-electron chi connectivity index (χ4n) is 2.32. The van der Waals surface area contributed by atoms with Crippen LogP contribution in [-0.4, -0.2) is 39.2 Å². The summed E-state index contributed by atoms with van der Waals surface area (Å²) < 4.78 is 1.48. The van der Waals surface area contributed by atoms with Crippen LogP contribution in [0.3, 0.4) is 0 Å². The number of aromatic nitrogens is 3. The van der Waals surface area contributed by atoms with Crippen LogP contribution < -0.4 is 5.32 Å². The van der Waals surface area contributed by atoms with E-state index in [4.69, 9.17) is 0 Å². The maximum atomic E-state index is 11.6. The van der Waals surface area contributed by atoms with Gasteiger partial charge in [0.1, 0.15) is 6.54 Å². The van der Waals surface area contributed by atoms with E-state index in [9.17, 15) is 9.90 Å². The molecule has 0 saturated heterocycles. The second-order valence-corrected chi connectivity index (χ2v) is 4.74. The molecule has 1 amide bonds. The number of amides is 1. The van der Waals surface area contributed by atoms with E-state index in [1.54, 1.807) is 12.4 Å². The van der Waals surface area contributed by atoms with Crippen molar-refractivity contribution in [3.63, 3.8) is 0 Å². The van der Waals surface area contributed by atoms with Crippen LogP contribution in [0.15, 0.2) is 12.4 Å². The first-order valence-corrected chi connectivity index (χ1v) is 5.96. The van der Waals surface area contributed by atoms with Crippen molar-refractivity contribution in [3.8, 4) is 0 Å². The number of hydrogen-bond donors (Lipinski definition) is 2. The molecule has 0 radical (unpaired) electrons. The lowest BCUT2D eigenvalue weighted by Gasteiger charge is -2.26. The number of rotatable bonds is 5. The van der Waals surface area contributed by atoms with Gasteiger partial charge in [-0.3, -0.25) is 4.79 Å². The van der Waals surface area contributed by atoms with Gasteiger partial charge in [-0.1, -0.05) is 18.1 Å². The Balaban J connectivity index is 1.79. The van der Waals surface area contributed by atoms with Crippen molar-refractivity contribution in [1.29, 1.82) is 0 Å². The normalized spacial score (nSPS) is 18.2. The largest absolute Gasteiger partial charge is 0.396 e. The zero-order valence-corrected chi connectivity index (χ0v) is 9.80. The number of nitrogens with one attached hydrogen (secondary N) is 1. The van der Waals surface area contributed by atoms with E-state index < -0.39 is 0 Å². The zero-order valence-electron chi connectivity index (χ0n) is 9.80. The summed E-state index contributed by atoms with van der Waals surface area (Å²) >= 11 is 0. The van der Waals surface area contributed by atoms with Crippen LogP contribution in [0.25, 0.3) is 0 Å². The van der Waals surface area contributed by atoms with Gasteiger partial charge in [-0.2, -0.15) is 0 Å². The maximum Gasteiger partial charge on any atom is 0.241 e. The first-order valence-electron chi connectivity index (χ1n) is 5.96. The summed E-state index contributed by atoms with van der Waals surface area (Å²) in [4.78, 5) is 11.6. The maximum absolute atomic E-state index is 11.6. The van der Waals surface area contributed by atoms with Gasteiger partial charge >= 0.3 is 0 Å². The monoisotopic (exact) mass is 238 g/mol. The highest BCUT2D eigenvalue weighted by molar-refractivity contribution is 5.75. The minimum absolute atomic E-state index is 0.0878. The molecule has 0 bridgehead atoms. The molecule has 0 spiro atoms. The molecular weight excluding hydrogens is 220 g/mol. The van der Waals surface area contributed by atoms with E-state index in [1.807, 2.05) is 0 Å². The van der Waals surface area contributed by atoms with Crippen LogP contribution in [0.4, 0.5) is 0 Å². The van der Waals surface area contributed by atoms with E-state index >= 15 is 0 Å². The van der Waals surface area contributed by atoms with Crippen LogP contribution in [0, 0.1) is 5.41 Å². The molecule has 1 aliphatic rings. The molecule has 6 nitrogen and oxygen atoms in total. The van der Waals surface area contributed by atoms with Crippen molar-refractivity contribution in [2.45, 2.75) is 32.2 Å². The average Bonchev–Trinajstić information content (AvgIpc) is 2.98. The summed E-state index contributed by atoms with van der Waals surface area (Å²) in [5.74, 6) is -0.0878. The minimum atomic E-state index is -0.0992. The van der Waals surface area contributed by atoms with Crippen molar-refractivity contribution in [3.05, 3.63) is 12.4 Å². The molecule has 6 heteroatoms. The smallest absolute Gasteiger partial charge is 0.241 e. The summed E-state index contributed by atoms with van der Waals surface area (Å²) in [6.07, 6.45) is 7.45. The summed E-state index contributed by atoms with van der Waals surface area (Å²) in [6.45, 7) is 0.884. The van der Waals surface area contributed by atoms with Crippen molar-refractivity contribution >= 4 is 5.91 Å². The third-order valence-corrected chi connectivity index (χ3v) is 3.44. The van der Waals surface area contributed by atoms with E-state index in [1.165, 1.54) is 4.68 Å². The molecule has 1 saturated carbocycles. The van der Waals surface area contributed by atoms with Crippen molar-refractivity contribution in [1.82, 2.24) is 20.3 Å². The molecule has 2 N–H and O–H groups in total. The molecule has 1 aromatic heterocycles. The lowest BCUT2D eigenvalue weighted by molar-refractivity contribution is -0.122. The van der Waals surface area contributed by atoms with E-state index in [-0.39, 0.29) is 24.5 Å². The molecule has 1 aromatic rings. The molecule has 0 unspecified atom stereocenters. The average molecular weight is 238 g/mol. The SMILES string of the molecule is O=C(Cn1ccnn1)NCC1(CO)CCCC1. The number of carbonyl (C=O) groups excluding carboxylic acids is 1. The Morgan fingerprint density at radius 2 is 2.24 bits per heavy atom. The van der Waals surface area contributed by atoms with Crippen LogP contribution in [0.5, 0.6) is 0 Å². The van der Waals surface area contributed by atoms with Crippen LogP contribution in [-0.2, 0) is 11.3 Å². The van der Waals surface area contributed by atoms with Crippen LogP contribution in [0.1, 0.15) is 25.7 Å². The molecule has 1 aliphatic carbocycles. The topological polar surface area (TPSA) is 80.0 Å². The van der Waals surface area contributed by atoms with Crippen LogP contribution >= 0.6 is 0 Å². The van der Waals surface area contributed by atoms with E-state index in [2.05, 4.69) is 15.6 Å². The molecule has 1 fully saturated rings. The van der Waals surface area contributed by atoms with Crippen molar-refractivity contribution in [2.24, 2.45) is 5.41 Å². The third-order valence-electron chi connectivity index (χ3n) is 3.44. The zero-order chi connectivity index (χ0) is 12.1. The first kappa shape index (κ1) is 12.0. The highest BCUT2D eigenvalue weighted by Crippen LogP contribution is 2.36. The number of carbonyl (C=O) groups is 1. The third kappa shape index (κ3) is 3.03. The Morgan fingerprint density at radius 3 is 2.82 bits per heavy atom. The van der Waals surface area contributed by atoms with Crippen molar-refractivity contribution < 1.29 is 9.90 Å². The Morgan fingerprint density at radius 1 is 1.47 bits per heavy atom.